The topological polar surface area (TPSA) is 59.1 Å². The minimum absolute atomic E-state index is 0.110. The first-order valence-corrected chi connectivity index (χ1v) is 9.94. The van der Waals surface area contributed by atoms with Crippen LogP contribution in [0.5, 0.6) is 5.75 Å². The zero-order chi connectivity index (χ0) is 19.2. The van der Waals surface area contributed by atoms with Gasteiger partial charge in [0.2, 0.25) is 5.91 Å². The standard InChI is InChI=1S/C21H30N2O4/c1-3-27-21(25)17-8-5-12-23(14-17)20(24)15-22-11-6-10-19(22)16-7-4-9-18(13-16)26-2/h4,7,9,13,17,19H,3,5-6,8,10-12,14-15H2,1-2H3/t17-,19-/m1/s1. The molecule has 0 radical (unpaired) electrons. The number of esters is 1. The number of rotatable bonds is 6. The number of carbonyl (C=O) groups is 2. The molecule has 27 heavy (non-hydrogen) atoms. The molecule has 2 saturated heterocycles. The number of methoxy groups -OCH3 is 1. The van der Waals surface area contributed by atoms with Gasteiger partial charge in [0.1, 0.15) is 5.75 Å². The van der Waals surface area contributed by atoms with Crippen molar-refractivity contribution in [2.45, 2.75) is 38.6 Å². The summed E-state index contributed by atoms with van der Waals surface area (Å²) in [4.78, 5) is 29.0. The zero-order valence-corrected chi connectivity index (χ0v) is 16.4. The predicted molar refractivity (Wildman–Crippen MR) is 102 cm³/mol. The van der Waals surface area contributed by atoms with Crippen molar-refractivity contribution in [1.82, 2.24) is 9.80 Å². The van der Waals surface area contributed by atoms with Gasteiger partial charge in [-0.25, -0.2) is 0 Å². The van der Waals surface area contributed by atoms with Gasteiger partial charge in [0.25, 0.3) is 0 Å². The molecule has 0 unspecified atom stereocenters. The lowest BCUT2D eigenvalue weighted by Crippen LogP contribution is -2.46. The fourth-order valence-electron chi connectivity index (χ4n) is 4.17. The minimum atomic E-state index is -0.185. The summed E-state index contributed by atoms with van der Waals surface area (Å²) < 4.78 is 10.5. The Kier molecular flexibility index (Phi) is 6.72. The van der Waals surface area contributed by atoms with E-state index in [-0.39, 0.29) is 23.8 Å². The van der Waals surface area contributed by atoms with Crippen LogP contribution in [-0.4, -0.2) is 61.6 Å². The van der Waals surface area contributed by atoms with Crippen LogP contribution < -0.4 is 4.74 Å². The lowest BCUT2D eigenvalue weighted by molar-refractivity contribution is -0.151. The maximum absolute atomic E-state index is 12.9. The Morgan fingerprint density at radius 1 is 1.19 bits per heavy atom. The summed E-state index contributed by atoms with van der Waals surface area (Å²) in [6.45, 7) is 4.73. The minimum Gasteiger partial charge on any atom is -0.497 e. The Labute approximate surface area is 161 Å². The first-order valence-electron chi connectivity index (χ1n) is 9.94. The molecule has 0 N–H and O–H groups in total. The molecule has 1 aromatic rings. The SMILES string of the molecule is CCOC(=O)[C@@H]1CCCN(C(=O)CN2CCC[C@@H]2c2cccc(OC)c2)C1. The molecule has 6 nitrogen and oxygen atoms in total. The molecule has 148 valence electrons. The largest absolute Gasteiger partial charge is 0.497 e. The van der Waals surface area contributed by atoms with Gasteiger partial charge in [0.15, 0.2) is 0 Å². The smallest absolute Gasteiger partial charge is 0.310 e. The molecular weight excluding hydrogens is 344 g/mol. The van der Waals surface area contributed by atoms with Crippen LogP contribution in [0.2, 0.25) is 0 Å². The Morgan fingerprint density at radius 2 is 2.00 bits per heavy atom. The number of carbonyl (C=O) groups excluding carboxylic acids is 2. The van der Waals surface area contributed by atoms with E-state index >= 15 is 0 Å². The number of piperidine rings is 1. The number of hydrogen-bond acceptors (Lipinski definition) is 5. The molecule has 0 bridgehead atoms. The van der Waals surface area contributed by atoms with E-state index in [1.165, 1.54) is 5.56 Å². The highest BCUT2D eigenvalue weighted by Crippen LogP contribution is 2.33. The Hall–Kier alpha value is -2.08. The van der Waals surface area contributed by atoms with Gasteiger partial charge in [-0.3, -0.25) is 14.5 Å². The van der Waals surface area contributed by atoms with Crippen LogP contribution in [0, 0.1) is 5.92 Å². The molecule has 1 amide bonds. The summed E-state index contributed by atoms with van der Waals surface area (Å²) in [6.07, 6.45) is 3.79. The molecule has 2 aliphatic rings. The van der Waals surface area contributed by atoms with Gasteiger partial charge in [-0.05, 0) is 56.8 Å². The van der Waals surface area contributed by atoms with Crippen LogP contribution in [0.1, 0.15) is 44.2 Å². The summed E-state index contributed by atoms with van der Waals surface area (Å²) in [7, 11) is 1.67. The second-order valence-corrected chi connectivity index (χ2v) is 7.34. The third kappa shape index (κ3) is 4.80. The summed E-state index contributed by atoms with van der Waals surface area (Å²) in [6, 6.07) is 8.35. The van der Waals surface area contributed by atoms with Crippen LogP contribution in [-0.2, 0) is 14.3 Å². The van der Waals surface area contributed by atoms with E-state index in [9.17, 15) is 9.59 Å². The van der Waals surface area contributed by atoms with Gasteiger partial charge >= 0.3 is 5.97 Å². The molecule has 2 atom stereocenters. The van der Waals surface area contributed by atoms with Crippen LogP contribution in [0.4, 0.5) is 0 Å². The van der Waals surface area contributed by atoms with Crippen molar-refractivity contribution in [3.63, 3.8) is 0 Å². The van der Waals surface area contributed by atoms with Gasteiger partial charge in [-0.15, -0.1) is 0 Å². The zero-order valence-electron chi connectivity index (χ0n) is 16.4. The Bertz CT molecular complexity index is 663. The normalized spacial score (nSPS) is 23.3. The van der Waals surface area contributed by atoms with E-state index in [1.54, 1.807) is 7.11 Å². The fourth-order valence-corrected chi connectivity index (χ4v) is 4.17. The van der Waals surface area contributed by atoms with Crippen LogP contribution in [0.25, 0.3) is 0 Å². The average Bonchev–Trinajstić information content (AvgIpc) is 3.16. The molecule has 0 aromatic heterocycles. The Morgan fingerprint density at radius 3 is 2.78 bits per heavy atom. The van der Waals surface area contributed by atoms with E-state index in [1.807, 2.05) is 24.0 Å². The van der Waals surface area contributed by atoms with Crippen molar-refractivity contribution in [2.75, 3.05) is 39.9 Å². The molecule has 2 fully saturated rings. The van der Waals surface area contributed by atoms with E-state index in [0.29, 0.717) is 19.7 Å². The highest BCUT2D eigenvalue weighted by atomic mass is 16.5. The van der Waals surface area contributed by atoms with Crippen molar-refractivity contribution in [2.24, 2.45) is 5.92 Å². The highest BCUT2D eigenvalue weighted by molar-refractivity contribution is 5.80. The Balaban J connectivity index is 1.61. The number of benzene rings is 1. The van der Waals surface area contributed by atoms with E-state index in [0.717, 1.165) is 44.5 Å². The second kappa shape index (κ2) is 9.22. The molecule has 6 heteroatoms. The first kappa shape index (κ1) is 19.7. The van der Waals surface area contributed by atoms with Crippen LogP contribution in [0.3, 0.4) is 0 Å². The number of nitrogens with zero attached hydrogens (tertiary/aromatic N) is 2. The maximum atomic E-state index is 12.9. The van der Waals surface area contributed by atoms with Crippen molar-refractivity contribution in [3.8, 4) is 5.75 Å². The quantitative estimate of drug-likeness (QED) is 0.717. The molecule has 0 saturated carbocycles. The fraction of sp³-hybridized carbons (Fsp3) is 0.619. The number of ether oxygens (including phenoxy) is 2. The van der Waals surface area contributed by atoms with Gasteiger partial charge in [-0.2, -0.15) is 0 Å². The van der Waals surface area contributed by atoms with Crippen LogP contribution >= 0.6 is 0 Å². The molecule has 0 spiro atoms. The number of hydrogen-bond donors (Lipinski definition) is 0. The van der Waals surface area contributed by atoms with Gasteiger partial charge in [-0.1, -0.05) is 12.1 Å². The third-order valence-corrected chi connectivity index (χ3v) is 5.57. The first-order chi connectivity index (χ1) is 13.1. The lowest BCUT2D eigenvalue weighted by atomic mass is 9.98. The lowest BCUT2D eigenvalue weighted by Gasteiger charge is -2.33. The van der Waals surface area contributed by atoms with Gasteiger partial charge < -0.3 is 14.4 Å². The molecule has 2 aliphatic heterocycles. The highest BCUT2D eigenvalue weighted by Gasteiger charge is 2.33. The van der Waals surface area contributed by atoms with E-state index in [4.69, 9.17) is 9.47 Å². The van der Waals surface area contributed by atoms with Crippen molar-refractivity contribution in [3.05, 3.63) is 29.8 Å². The van der Waals surface area contributed by atoms with Gasteiger partial charge in [0, 0.05) is 19.1 Å². The number of likely N-dealkylation sites (tertiary alicyclic amines) is 2. The van der Waals surface area contributed by atoms with Crippen molar-refractivity contribution < 1.29 is 19.1 Å². The second-order valence-electron chi connectivity index (χ2n) is 7.34. The van der Waals surface area contributed by atoms with E-state index < -0.39 is 0 Å². The molecule has 3 rings (SSSR count). The molecule has 2 heterocycles. The van der Waals surface area contributed by atoms with Crippen molar-refractivity contribution >= 4 is 11.9 Å². The summed E-state index contributed by atoms with van der Waals surface area (Å²) in [5.74, 6) is 0.596. The summed E-state index contributed by atoms with van der Waals surface area (Å²) in [5.41, 5.74) is 1.20. The average molecular weight is 374 g/mol. The molecular formula is C21H30N2O4. The predicted octanol–water partition coefficient (Wildman–Crippen LogP) is 2.63. The number of amides is 1. The van der Waals surface area contributed by atoms with Gasteiger partial charge in [0.05, 0.1) is 26.2 Å². The third-order valence-electron chi connectivity index (χ3n) is 5.57. The monoisotopic (exact) mass is 374 g/mol. The van der Waals surface area contributed by atoms with Crippen LogP contribution in [0.15, 0.2) is 24.3 Å². The maximum Gasteiger partial charge on any atom is 0.310 e. The summed E-state index contributed by atoms with van der Waals surface area (Å²) in [5, 5.41) is 0. The molecule has 0 aliphatic carbocycles. The van der Waals surface area contributed by atoms with E-state index in [2.05, 4.69) is 17.0 Å². The van der Waals surface area contributed by atoms with Crippen molar-refractivity contribution in [1.29, 1.82) is 0 Å². The molecule has 1 aromatic carbocycles. The summed E-state index contributed by atoms with van der Waals surface area (Å²) >= 11 is 0.